The summed E-state index contributed by atoms with van der Waals surface area (Å²) >= 11 is 6.47. The van der Waals surface area contributed by atoms with Crippen LogP contribution in [0, 0.1) is 20.2 Å². The van der Waals surface area contributed by atoms with Crippen molar-refractivity contribution in [2.45, 2.75) is 9.65 Å². The normalized spacial score (nSPS) is 13.2. The highest BCUT2D eigenvalue weighted by Gasteiger charge is 2.31. The molecule has 0 amide bonds. The number of hydrogen-bond acceptors (Lipinski definition) is 6. The summed E-state index contributed by atoms with van der Waals surface area (Å²) in [6.45, 7) is 0. The number of H-pyrrole nitrogens is 2. The minimum atomic E-state index is -1.14. The van der Waals surface area contributed by atoms with Crippen molar-refractivity contribution in [2.75, 3.05) is 0 Å². The molecule has 126 valence electrons. The van der Waals surface area contributed by atoms with Gasteiger partial charge in [-0.3, -0.25) is 30.0 Å². The van der Waals surface area contributed by atoms with Gasteiger partial charge < -0.3 is 4.98 Å². The molecule has 2 unspecified atom stereocenters. The second kappa shape index (κ2) is 7.05. The fraction of sp³-hybridized carbons (Fsp3) is 0.167. The number of hydrogen-bond donors (Lipinski definition) is 2. The van der Waals surface area contributed by atoms with Gasteiger partial charge in [0, 0.05) is 12.1 Å². The quantitative estimate of drug-likeness (QED) is 0.394. The molecule has 0 aliphatic rings. The molecule has 0 saturated heterocycles. The number of aromatic nitrogens is 2. The van der Waals surface area contributed by atoms with Gasteiger partial charge in [0.15, 0.2) is 0 Å². The summed E-state index contributed by atoms with van der Waals surface area (Å²) < 4.78 is 0. The minimum absolute atomic E-state index is 0.162. The number of benzene rings is 1. The zero-order chi connectivity index (χ0) is 18.0. The van der Waals surface area contributed by atoms with E-state index in [0.29, 0.717) is 5.56 Å². The lowest BCUT2D eigenvalue weighted by atomic mass is 10.1. The van der Waals surface area contributed by atoms with E-state index in [0.717, 1.165) is 0 Å². The Morgan fingerprint density at radius 3 is 2.25 bits per heavy atom. The van der Waals surface area contributed by atoms with Crippen LogP contribution in [-0.4, -0.2) is 19.8 Å². The molecule has 0 bridgehead atoms. The summed E-state index contributed by atoms with van der Waals surface area (Å²) in [6.07, 6.45) is 0. The van der Waals surface area contributed by atoms with E-state index < -0.39 is 36.4 Å². The number of non-ortho nitro benzene ring substituents is 1. The van der Waals surface area contributed by atoms with Crippen molar-refractivity contribution in [3.05, 3.63) is 76.6 Å². The molecule has 10 nitrogen and oxygen atoms in total. The Morgan fingerprint density at radius 2 is 1.67 bits per heavy atom. The summed E-state index contributed by atoms with van der Waals surface area (Å²) in [5.74, 6) is 0. The van der Waals surface area contributed by atoms with Gasteiger partial charge in [-0.15, -0.1) is 0 Å². The van der Waals surface area contributed by atoms with Gasteiger partial charge in [0.25, 0.3) is 5.69 Å². The number of nitrogens with one attached hydrogen (secondary N) is 2. The van der Waals surface area contributed by atoms with Crippen LogP contribution in [0.5, 0.6) is 0 Å². The van der Waals surface area contributed by atoms with E-state index in [1.165, 1.54) is 18.2 Å². The molecule has 2 aromatic rings. The van der Waals surface area contributed by atoms with Crippen molar-refractivity contribution in [2.24, 2.45) is 0 Å². The lowest BCUT2D eigenvalue weighted by molar-refractivity contribution is -0.387. The average molecular weight is 464 g/mol. The number of nitrogens with zero attached hydrogens (tertiary/aromatic N) is 2. The monoisotopic (exact) mass is 462 g/mol. The first-order chi connectivity index (χ1) is 11.2. The molecule has 2 N–H and O–H groups in total. The molecule has 1 heterocycles. The molecule has 0 saturated carbocycles. The number of rotatable bonds is 5. The van der Waals surface area contributed by atoms with Crippen LogP contribution in [0.2, 0.25) is 0 Å². The first-order valence-electron chi connectivity index (χ1n) is 6.25. The van der Waals surface area contributed by atoms with E-state index in [1.54, 1.807) is 11.1 Å². The van der Waals surface area contributed by atoms with Crippen molar-refractivity contribution < 1.29 is 9.85 Å². The van der Waals surface area contributed by atoms with Gasteiger partial charge in [-0.2, -0.15) is 0 Å². The van der Waals surface area contributed by atoms with Gasteiger partial charge in [-0.05, 0) is 5.56 Å². The van der Waals surface area contributed by atoms with E-state index >= 15 is 0 Å². The van der Waals surface area contributed by atoms with Gasteiger partial charge in [-0.1, -0.05) is 44.0 Å². The Balaban J connectivity index is 2.52. The molecule has 0 fully saturated rings. The third-order valence-electron chi connectivity index (χ3n) is 3.06. The first-order valence-corrected chi connectivity index (χ1v) is 8.09. The van der Waals surface area contributed by atoms with Crippen LogP contribution in [0.3, 0.4) is 0 Å². The van der Waals surface area contributed by atoms with Crippen molar-refractivity contribution in [3.63, 3.8) is 0 Å². The third-order valence-corrected chi connectivity index (χ3v) is 5.81. The van der Waals surface area contributed by atoms with Crippen LogP contribution >= 0.6 is 31.9 Å². The van der Waals surface area contributed by atoms with Crippen molar-refractivity contribution >= 4 is 43.2 Å². The molecule has 24 heavy (non-hydrogen) atoms. The maximum absolute atomic E-state index is 11.7. The van der Waals surface area contributed by atoms with Gasteiger partial charge >= 0.3 is 16.9 Å². The molecule has 0 spiro atoms. The second-order valence-electron chi connectivity index (χ2n) is 4.58. The van der Waals surface area contributed by atoms with Gasteiger partial charge in [0.2, 0.25) is 0 Å². The Kier molecular flexibility index (Phi) is 5.29. The highest BCUT2D eigenvalue weighted by molar-refractivity contribution is 9.12. The van der Waals surface area contributed by atoms with Crippen molar-refractivity contribution in [1.29, 1.82) is 0 Å². The molecule has 0 aliphatic carbocycles. The Morgan fingerprint density at radius 1 is 1.00 bits per heavy atom. The molecule has 2 rings (SSSR count). The zero-order valence-corrected chi connectivity index (χ0v) is 14.7. The second-order valence-corrected chi connectivity index (χ2v) is 6.56. The highest BCUT2D eigenvalue weighted by atomic mass is 79.9. The smallest absolute Gasteiger partial charge is 0.304 e. The molecule has 0 aliphatic heterocycles. The van der Waals surface area contributed by atoms with Crippen molar-refractivity contribution in [3.8, 4) is 0 Å². The SMILES string of the molecule is O=c1[nH]c(C(Br)C(Br)c2cccc([N+](=O)[O-])c2)c([N+](=O)[O-])c(=O)[nH]1. The summed E-state index contributed by atoms with van der Waals surface area (Å²) in [5.41, 5.74) is -2.83. The standard InChI is InChI=1S/C12H8Br2N4O6/c13-7(5-2-1-3-6(4-5)17(21)22)8(14)9-10(18(23)24)11(19)16-12(20)15-9/h1-4,7-8H,(H2,15,16,19,20). The van der Waals surface area contributed by atoms with Crippen LogP contribution in [0.15, 0.2) is 33.9 Å². The molecule has 0 radical (unpaired) electrons. The molecular weight excluding hydrogens is 456 g/mol. The highest BCUT2D eigenvalue weighted by Crippen LogP contribution is 2.43. The number of aromatic amines is 2. The fourth-order valence-corrected chi connectivity index (χ4v) is 3.19. The summed E-state index contributed by atoms with van der Waals surface area (Å²) in [5, 5.41) is 21.9. The molecule has 2 atom stereocenters. The maximum Gasteiger partial charge on any atom is 0.354 e. The Bertz CT molecular complexity index is 924. The molecule has 1 aromatic carbocycles. The van der Waals surface area contributed by atoms with E-state index in [4.69, 9.17) is 0 Å². The summed E-state index contributed by atoms with van der Waals surface area (Å²) in [7, 11) is 0. The summed E-state index contributed by atoms with van der Waals surface area (Å²) in [4.78, 5) is 46.0. The lowest BCUT2D eigenvalue weighted by Crippen LogP contribution is -2.27. The van der Waals surface area contributed by atoms with Gasteiger partial charge in [0.1, 0.15) is 5.69 Å². The summed E-state index contributed by atoms with van der Waals surface area (Å²) in [6, 6.07) is 5.60. The topological polar surface area (TPSA) is 152 Å². The number of halogens is 2. The van der Waals surface area contributed by atoms with E-state index in [9.17, 15) is 29.8 Å². The predicted molar refractivity (Wildman–Crippen MR) is 90.8 cm³/mol. The largest absolute Gasteiger partial charge is 0.354 e. The number of nitro groups is 2. The van der Waals surface area contributed by atoms with E-state index in [1.807, 2.05) is 0 Å². The molecular formula is C12H8Br2N4O6. The fourth-order valence-electron chi connectivity index (χ4n) is 2.00. The zero-order valence-electron chi connectivity index (χ0n) is 11.6. The van der Waals surface area contributed by atoms with Crippen LogP contribution in [-0.2, 0) is 0 Å². The maximum atomic E-state index is 11.7. The van der Waals surface area contributed by atoms with E-state index in [-0.39, 0.29) is 11.4 Å². The van der Waals surface area contributed by atoms with Crippen LogP contribution < -0.4 is 11.2 Å². The molecule has 1 aromatic heterocycles. The predicted octanol–water partition coefficient (Wildman–Crippen LogP) is 2.45. The molecule has 12 heteroatoms. The minimum Gasteiger partial charge on any atom is -0.304 e. The van der Waals surface area contributed by atoms with Crippen LogP contribution in [0.1, 0.15) is 20.9 Å². The van der Waals surface area contributed by atoms with E-state index in [2.05, 4.69) is 36.8 Å². The first kappa shape index (κ1) is 18.0. The van der Waals surface area contributed by atoms with Crippen LogP contribution in [0.25, 0.3) is 0 Å². The lowest BCUT2D eigenvalue weighted by Gasteiger charge is -2.16. The van der Waals surface area contributed by atoms with Gasteiger partial charge in [-0.25, -0.2) is 4.79 Å². The number of alkyl halides is 2. The Hall–Kier alpha value is -2.34. The third kappa shape index (κ3) is 3.59. The Labute approximate surface area is 149 Å². The number of nitro benzene ring substituents is 1. The average Bonchev–Trinajstić information content (AvgIpc) is 2.52. The van der Waals surface area contributed by atoms with Crippen LogP contribution in [0.4, 0.5) is 11.4 Å². The van der Waals surface area contributed by atoms with Gasteiger partial charge in [0.05, 0.1) is 19.5 Å². The van der Waals surface area contributed by atoms with Crippen molar-refractivity contribution in [1.82, 2.24) is 9.97 Å².